The number of hydrogen-bond donors (Lipinski definition) is 0. The Hall–Kier alpha value is -1.66. The summed E-state index contributed by atoms with van der Waals surface area (Å²) in [6, 6.07) is 9.87. The molecule has 0 N–H and O–H groups in total. The van der Waals surface area contributed by atoms with E-state index in [1.165, 1.54) is 18.0 Å². The first kappa shape index (κ1) is 13.8. The maximum Gasteiger partial charge on any atom is 0.175 e. The standard InChI is InChI=1S/C13H11NO3S2/c1-19(16,17)12-6-4-11(5-7-12)18-13-10(9-15)3-2-8-14-13/h2-9H,1H3. The summed E-state index contributed by atoms with van der Waals surface area (Å²) < 4.78 is 22.7. The number of carbonyl (C=O) groups excluding carboxylic acids is 1. The van der Waals surface area contributed by atoms with Crippen LogP contribution < -0.4 is 0 Å². The van der Waals surface area contributed by atoms with Gasteiger partial charge in [0.1, 0.15) is 5.03 Å². The highest BCUT2D eigenvalue weighted by Crippen LogP contribution is 2.28. The number of aldehydes is 1. The zero-order chi connectivity index (χ0) is 13.9. The van der Waals surface area contributed by atoms with E-state index in [1.54, 1.807) is 42.6 Å². The summed E-state index contributed by atoms with van der Waals surface area (Å²) in [4.78, 5) is 16.1. The Labute approximate surface area is 115 Å². The predicted molar refractivity (Wildman–Crippen MR) is 73.3 cm³/mol. The minimum absolute atomic E-state index is 0.272. The first-order valence-corrected chi connectivity index (χ1v) is 8.09. The molecule has 0 saturated carbocycles. The zero-order valence-corrected chi connectivity index (χ0v) is 11.7. The van der Waals surface area contributed by atoms with E-state index in [9.17, 15) is 13.2 Å². The molecule has 0 atom stereocenters. The molecule has 19 heavy (non-hydrogen) atoms. The largest absolute Gasteiger partial charge is 0.298 e. The molecule has 2 aromatic rings. The van der Waals surface area contributed by atoms with Crippen LogP contribution in [-0.4, -0.2) is 25.9 Å². The highest BCUT2D eigenvalue weighted by atomic mass is 32.2. The van der Waals surface area contributed by atoms with Gasteiger partial charge < -0.3 is 0 Å². The molecule has 0 bridgehead atoms. The third-order valence-electron chi connectivity index (χ3n) is 2.39. The Morgan fingerprint density at radius 1 is 1.16 bits per heavy atom. The number of carbonyl (C=O) groups is 1. The average Bonchev–Trinajstić information content (AvgIpc) is 2.39. The molecule has 0 spiro atoms. The van der Waals surface area contributed by atoms with Gasteiger partial charge in [0, 0.05) is 22.9 Å². The van der Waals surface area contributed by atoms with Crippen LogP contribution in [0.2, 0.25) is 0 Å². The van der Waals surface area contributed by atoms with Crippen molar-refractivity contribution in [2.45, 2.75) is 14.8 Å². The van der Waals surface area contributed by atoms with Gasteiger partial charge in [-0.25, -0.2) is 13.4 Å². The molecule has 2 rings (SSSR count). The van der Waals surface area contributed by atoms with E-state index in [4.69, 9.17) is 0 Å². The number of rotatable bonds is 4. The monoisotopic (exact) mass is 293 g/mol. The van der Waals surface area contributed by atoms with Crippen molar-refractivity contribution in [3.63, 3.8) is 0 Å². The maximum absolute atomic E-state index is 11.3. The lowest BCUT2D eigenvalue weighted by molar-refractivity contribution is 0.112. The van der Waals surface area contributed by atoms with Gasteiger partial charge in [0.15, 0.2) is 16.1 Å². The van der Waals surface area contributed by atoms with Crippen LogP contribution in [0.5, 0.6) is 0 Å². The minimum Gasteiger partial charge on any atom is -0.298 e. The van der Waals surface area contributed by atoms with E-state index in [0.717, 1.165) is 11.2 Å². The van der Waals surface area contributed by atoms with Crippen molar-refractivity contribution in [1.82, 2.24) is 4.98 Å². The van der Waals surface area contributed by atoms with E-state index in [-0.39, 0.29) is 4.90 Å². The number of hydrogen-bond acceptors (Lipinski definition) is 5. The number of pyridine rings is 1. The van der Waals surface area contributed by atoms with Gasteiger partial charge in [0.25, 0.3) is 0 Å². The van der Waals surface area contributed by atoms with Crippen LogP contribution in [0, 0.1) is 0 Å². The first-order valence-electron chi connectivity index (χ1n) is 5.39. The predicted octanol–water partition coefficient (Wildman–Crippen LogP) is 2.45. The summed E-state index contributed by atoms with van der Waals surface area (Å²) in [5.41, 5.74) is 0.514. The van der Waals surface area contributed by atoms with E-state index in [0.29, 0.717) is 10.6 Å². The van der Waals surface area contributed by atoms with E-state index < -0.39 is 9.84 Å². The van der Waals surface area contributed by atoms with Crippen LogP contribution in [0.15, 0.2) is 57.4 Å². The SMILES string of the molecule is CS(=O)(=O)c1ccc(Sc2ncccc2C=O)cc1. The third-order valence-corrected chi connectivity index (χ3v) is 4.56. The van der Waals surface area contributed by atoms with Crippen LogP contribution in [-0.2, 0) is 9.84 Å². The number of sulfone groups is 1. The van der Waals surface area contributed by atoms with E-state index >= 15 is 0 Å². The van der Waals surface area contributed by atoms with Gasteiger partial charge >= 0.3 is 0 Å². The van der Waals surface area contributed by atoms with Gasteiger partial charge in [0.2, 0.25) is 0 Å². The van der Waals surface area contributed by atoms with Crippen molar-refractivity contribution in [2.24, 2.45) is 0 Å². The Morgan fingerprint density at radius 2 is 1.84 bits per heavy atom. The molecule has 1 heterocycles. The smallest absolute Gasteiger partial charge is 0.175 e. The number of aromatic nitrogens is 1. The maximum atomic E-state index is 11.3. The first-order chi connectivity index (χ1) is 9.00. The lowest BCUT2D eigenvalue weighted by Crippen LogP contribution is -1.96. The molecule has 0 aliphatic heterocycles. The fourth-order valence-corrected chi connectivity index (χ4v) is 2.92. The topological polar surface area (TPSA) is 64.1 Å². The fourth-order valence-electron chi connectivity index (χ4n) is 1.44. The van der Waals surface area contributed by atoms with Crippen LogP contribution in [0.3, 0.4) is 0 Å². The summed E-state index contributed by atoms with van der Waals surface area (Å²) in [6.07, 6.45) is 3.53. The molecule has 0 aliphatic carbocycles. The number of nitrogens with zero attached hydrogens (tertiary/aromatic N) is 1. The van der Waals surface area contributed by atoms with Crippen molar-refractivity contribution in [1.29, 1.82) is 0 Å². The summed E-state index contributed by atoms with van der Waals surface area (Å²) in [5, 5.41) is 0.601. The average molecular weight is 293 g/mol. The Balaban J connectivity index is 2.27. The van der Waals surface area contributed by atoms with Gasteiger partial charge in [-0.2, -0.15) is 0 Å². The molecule has 0 fully saturated rings. The summed E-state index contributed by atoms with van der Waals surface area (Å²) in [5.74, 6) is 0. The molecule has 1 aromatic carbocycles. The molecule has 98 valence electrons. The summed E-state index contributed by atoms with van der Waals surface area (Å²) in [6.45, 7) is 0. The minimum atomic E-state index is -3.19. The van der Waals surface area contributed by atoms with Crippen molar-refractivity contribution in [3.05, 3.63) is 48.2 Å². The molecule has 0 amide bonds. The highest BCUT2D eigenvalue weighted by molar-refractivity contribution is 7.99. The zero-order valence-electron chi connectivity index (χ0n) is 10.1. The molecule has 6 heteroatoms. The van der Waals surface area contributed by atoms with Crippen molar-refractivity contribution >= 4 is 27.9 Å². The molecule has 0 aliphatic rings. The quantitative estimate of drug-likeness (QED) is 0.810. The van der Waals surface area contributed by atoms with Gasteiger partial charge in [-0.3, -0.25) is 4.79 Å². The van der Waals surface area contributed by atoms with Gasteiger partial charge in [-0.1, -0.05) is 11.8 Å². The van der Waals surface area contributed by atoms with E-state index in [2.05, 4.69) is 4.98 Å². The Bertz CT molecular complexity index is 694. The summed E-state index contributed by atoms with van der Waals surface area (Å²) in [7, 11) is -3.19. The normalized spacial score (nSPS) is 11.2. The molecular formula is C13H11NO3S2. The lowest BCUT2D eigenvalue weighted by atomic mass is 10.3. The van der Waals surface area contributed by atoms with Crippen LogP contribution >= 0.6 is 11.8 Å². The molecule has 0 saturated heterocycles. The summed E-state index contributed by atoms with van der Waals surface area (Å²) >= 11 is 1.32. The van der Waals surface area contributed by atoms with Crippen molar-refractivity contribution in [3.8, 4) is 0 Å². The van der Waals surface area contributed by atoms with Crippen LogP contribution in [0.1, 0.15) is 10.4 Å². The second-order valence-electron chi connectivity index (χ2n) is 3.86. The molecule has 0 unspecified atom stereocenters. The molecular weight excluding hydrogens is 282 g/mol. The van der Waals surface area contributed by atoms with Crippen LogP contribution in [0.25, 0.3) is 0 Å². The van der Waals surface area contributed by atoms with Crippen molar-refractivity contribution in [2.75, 3.05) is 6.26 Å². The van der Waals surface area contributed by atoms with E-state index in [1.807, 2.05) is 0 Å². The third kappa shape index (κ3) is 3.42. The lowest BCUT2D eigenvalue weighted by Gasteiger charge is -2.04. The van der Waals surface area contributed by atoms with Gasteiger partial charge in [-0.15, -0.1) is 0 Å². The second-order valence-corrected chi connectivity index (χ2v) is 6.94. The van der Waals surface area contributed by atoms with Crippen molar-refractivity contribution < 1.29 is 13.2 Å². The Morgan fingerprint density at radius 3 is 2.42 bits per heavy atom. The molecule has 4 nitrogen and oxygen atoms in total. The second kappa shape index (κ2) is 5.54. The van der Waals surface area contributed by atoms with Crippen LogP contribution in [0.4, 0.5) is 0 Å². The molecule has 0 radical (unpaired) electrons. The van der Waals surface area contributed by atoms with Gasteiger partial charge in [-0.05, 0) is 36.4 Å². The highest BCUT2D eigenvalue weighted by Gasteiger charge is 2.08. The number of benzene rings is 1. The fraction of sp³-hybridized carbons (Fsp3) is 0.0769. The van der Waals surface area contributed by atoms with Gasteiger partial charge in [0.05, 0.1) is 4.90 Å². The Kier molecular flexibility index (Phi) is 4.01. The molecule has 1 aromatic heterocycles.